The Hall–Kier alpha value is -0.870. The Labute approximate surface area is 97.1 Å². The van der Waals surface area contributed by atoms with Gasteiger partial charge >= 0.3 is 0 Å². The van der Waals surface area contributed by atoms with E-state index in [0.717, 1.165) is 19.3 Å². The summed E-state index contributed by atoms with van der Waals surface area (Å²) in [5.74, 6) is 0. The van der Waals surface area contributed by atoms with Gasteiger partial charge in [0.15, 0.2) is 0 Å². The van der Waals surface area contributed by atoms with Gasteiger partial charge in [0.1, 0.15) is 0 Å². The van der Waals surface area contributed by atoms with Crippen molar-refractivity contribution in [3.05, 3.63) is 35.4 Å². The van der Waals surface area contributed by atoms with E-state index in [4.69, 9.17) is 0 Å². The van der Waals surface area contributed by atoms with Gasteiger partial charge in [-0.25, -0.2) is 12.7 Å². The summed E-state index contributed by atoms with van der Waals surface area (Å²) in [5, 5.41) is 0. The zero-order chi connectivity index (χ0) is 11.6. The van der Waals surface area contributed by atoms with E-state index in [1.165, 1.54) is 17.4 Å². The fourth-order valence-electron chi connectivity index (χ4n) is 2.18. The van der Waals surface area contributed by atoms with Gasteiger partial charge in [0.2, 0.25) is 10.0 Å². The summed E-state index contributed by atoms with van der Waals surface area (Å²) >= 11 is 0. The van der Waals surface area contributed by atoms with Crippen LogP contribution in [0.3, 0.4) is 0 Å². The summed E-state index contributed by atoms with van der Waals surface area (Å²) in [6, 6.07) is 8.31. The largest absolute Gasteiger partial charge is 0.213 e. The van der Waals surface area contributed by atoms with Crippen LogP contribution in [-0.4, -0.2) is 32.1 Å². The van der Waals surface area contributed by atoms with Crippen molar-refractivity contribution in [2.24, 2.45) is 0 Å². The molecule has 1 aromatic carbocycles. The van der Waals surface area contributed by atoms with E-state index in [9.17, 15) is 8.42 Å². The van der Waals surface area contributed by atoms with Gasteiger partial charge < -0.3 is 0 Å². The van der Waals surface area contributed by atoms with Crippen LogP contribution >= 0.6 is 0 Å². The monoisotopic (exact) mass is 239 g/mol. The molecule has 0 N–H and O–H groups in total. The van der Waals surface area contributed by atoms with Gasteiger partial charge in [0.25, 0.3) is 0 Å². The van der Waals surface area contributed by atoms with Crippen LogP contribution in [0.5, 0.6) is 0 Å². The number of aryl methyl sites for hydroxylation is 1. The maximum Gasteiger partial charge on any atom is 0.211 e. The van der Waals surface area contributed by atoms with Crippen molar-refractivity contribution >= 4 is 10.0 Å². The van der Waals surface area contributed by atoms with E-state index < -0.39 is 10.0 Å². The molecule has 1 aliphatic rings. The maximum absolute atomic E-state index is 11.5. The molecule has 0 unspecified atom stereocenters. The highest BCUT2D eigenvalue weighted by Gasteiger charge is 2.18. The third-order valence-corrected chi connectivity index (χ3v) is 4.37. The molecule has 16 heavy (non-hydrogen) atoms. The second-order valence-corrected chi connectivity index (χ2v) is 6.27. The minimum absolute atomic E-state index is 0.607. The van der Waals surface area contributed by atoms with Crippen LogP contribution in [0, 0.1) is 0 Å². The molecule has 0 saturated heterocycles. The Kier molecular flexibility index (Phi) is 3.30. The Morgan fingerprint density at radius 3 is 2.31 bits per heavy atom. The summed E-state index contributed by atoms with van der Waals surface area (Å²) in [6.07, 6.45) is 4.00. The molecule has 1 heterocycles. The lowest BCUT2D eigenvalue weighted by Gasteiger charge is -2.23. The number of benzene rings is 1. The van der Waals surface area contributed by atoms with Crippen molar-refractivity contribution in [1.82, 2.24) is 4.31 Å². The fraction of sp³-hybridized carbons (Fsp3) is 0.500. The van der Waals surface area contributed by atoms with E-state index in [0.29, 0.717) is 13.1 Å². The molecule has 0 saturated carbocycles. The van der Waals surface area contributed by atoms with E-state index >= 15 is 0 Å². The number of nitrogens with zero attached hydrogens (tertiary/aromatic N) is 1. The molecule has 1 aromatic rings. The molecule has 3 nitrogen and oxygen atoms in total. The average Bonchev–Trinajstić information content (AvgIpc) is 2.17. The van der Waals surface area contributed by atoms with Crippen LogP contribution in [-0.2, 0) is 22.9 Å². The van der Waals surface area contributed by atoms with E-state index in [1.54, 1.807) is 4.31 Å². The van der Waals surface area contributed by atoms with Crippen LogP contribution < -0.4 is 0 Å². The number of rotatable bonds is 1. The fourth-order valence-corrected chi connectivity index (χ4v) is 3.06. The molecule has 0 atom stereocenters. The Bertz CT molecular complexity index is 468. The molecule has 0 radical (unpaired) electrons. The number of fused-ring (bicyclic) bond motifs is 1. The molecule has 0 aliphatic carbocycles. The molecular weight excluding hydrogens is 222 g/mol. The predicted octanol–water partition coefficient (Wildman–Crippen LogP) is 1.44. The summed E-state index contributed by atoms with van der Waals surface area (Å²) in [7, 11) is -3.03. The molecule has 1 aliphatic heterocycles. The van der Waals surface area contributed by atoms with Crippen LogP contribution in [0.2, 0.25) is 0 Å². The summed E-state index contributed by atoms with van der Waals surface area (Å²) < 4.78 is 24.6. The van der Waals surface area contributed by atoms with Gasteiger partial charge in [-0.15, -0.1) is 0 Å². The smallest absolute Gasteiger partial charge is 0.211 e. The Morgan fingerprint density at radius 2 is 1.69 bits per heavy atom. The molecular formula is C12H17NO2S. The molecule has 88 valence electrons. The topological polar surface area (TPSA) is 37.4 Å². The molecule has 0 fully saturated rings. The van der Waals surface area contributed by atoms with Gasteiger partial charge in [-0.3, -0.25) is 0 Å². The van der Waals surface area contributed by atoms with Gasteiger partial charge in [0, 0.05) is 13.1 Å². The first-order valence-electron chi connectivity index (χ1n) is 5.59. The second kappa shape index (κ2) is 4.55. The van der Waals surface area contributed by atoms with E-state index in [2.05, 4.69) is 18.2 Å². The standard InChI is InChI=1S/C12H17NO2S/c1-16(14,15)13-9-4-7-11-5-2-3-6-12(11)8-10-13/h2-3,5-6H,4,7-10H2,1H3. The van der Waals surface area contributed by atoms with Gasteiger partial charge in [-0.05, 0) is 30.4 Å². The van der Waals surface area contributed by atoms with E-state index in [1.807, 2.05) is 6.07 Å². The summed E-state index contributed by atoms with van der Waals surface area (Å²) in [4.78, 5) is 0. The Morgan fingerprint density at radius 1 is 1.06 bits per heavy atom. The molecule has 0 amide bonds. The van der Waals surface area contributed by atoms with Crippen LogP contribution in [0.25, 0.3) is 0 Å². The third-order valence-electron chi connectivity index (χ3n) is 3.07. The quantitative estimate of drug-likeness (QED) is 0.743. The summed E-state index contributed by atoms with van der Waals surface area (Å²) in [5.41, 5.74) is 2.66. The van der Waals surface area contributed by atoms with Crippen molar-refractivity contribution in [1.29, 1.82) is 0 Å². The lowest BCUT2D eigenvalue weighted by Crippen LogP contribution is -2.34. The van der Waals surface area contributed by atoms with Gasteiger partial charge in [0.05, 0.1) is 6.26 Å². The average molecular weight is 239 g/mol. The normalized spacial score (nSPS) is 18.6. The zero-order valence-corrected chi connectivity index (χ0v) is 10.3. The molecule has 0 spiro atoms. The highest BCUT2D eigenvalue weighted by molar-refractivity contribution is 7.88. The minimum atomic E-state index is -3.03. The van der Waals surface area contributed by atoms with Crippen LogP contribution in [0.15, 0.2) is 24.3 Å². The number of hydrogen-bond donors (Lipinski definition) is 0. The summed E-state index contributed by atoms with van der Waals surface area (Å²) in [6.45, 7) is 1.25. The van der Waals surface area contributed by atoms with Crippen molar-refractivity contribution in [3.8, 4) is 0 Å². The second-order valence-electron chi connectivity index (χ2n) is 4.28. The molecule has 2 rings (SSSR count). The molecule has 0 bridgehead atoms. The molecule has 4 heteroatoms. The zero-order valence-electron chi connectivity index (χ0n) is 9.52. The first-order valence-corrected chi connectivity index (χ1v) is 7.44. The van der Waals surface area contributed by atoms with Crippen LogP contribution in [0.1, 0.15) is 17.5 Å². The number of hydrogen-bond acceptors (Lipinski definition) is 2. The van der Waals surface area contributed by atoms with Gasteiger partial charge in [-0.1, -0.05) is 24.3 Å². The third kappa shape index (κ3) is 2.62. The predicted molar refractivity (Wildman–Crippen MR) is 64.9 cm³/mol. The minimum Gasteiger partial charge on any atom is -0.213 e. The van der Waals surface area contributed by atoms with Crippen molar-refractivity contribution in [3.63, 3.8) is 0 Å². The highest BCUT2D eigenvalue weighted by atomic mass is 32.2. The lowest BCUT2D eigenvalue weighted by molar-refractivity contribution is 0.404. The Balaban J connectivity index is 2.19. The van der Waals surface area contributed by atoms with E-state index in [-0.39, 0.29) is 0 Å². The van der Waals surface area contributed by atoms with Gasteiger partial charge in [-0.2, -0.15) is 0 Å². The van der Waals surface area contributed by atoms with Crippen molar-refractivity contribution < 1.29 is 8.42 Å². The van der Waals surface area contributed by atoms with Crippen molar-refractivity contribution in [2.75, 3.05) is 19.3 Å². The highest BCUT2D eigenvalue weighted by Crippen LogP contribution is 2.16. The first-order chi connectivity index (χ1) is 7.57. The maximum atomic E-state index is 11.5. The molecule has 0 aromatic heterocycles. The number of sulfonamides is 1. The SMILES string of the molecule is CS(=O)(=O)N1CCCc2ccccc2CC1. The van der Waals surface area contributed by atoms with Crippen LogP contribution in [0.4, 0.5) is 0 Å². The first kappa shape index (κ1) is 11.6. The lowest BCUT2D eigenvalue weighted by atomic mass is 9.99. The van der Waals surface area contributed by atoms with Crippen molar-refractivity contribution in [2.45, 2.75) is 19.3 Å².